The van der Waals surface area contributed by atoms with E-state index in [2.05, 4.69) is 20.9 Å². The van der Waals surface area contributed by atoms with Crippen LogP contribution in [0.15, 0.2) is 51.7 Å². The molecule has 4 heteroatoms. The number of rotatable bonds is 3. The maximum atomic E-state index is 11.6. The molecule has 0 saturated carbocycles. The number of nitrogens with zero attached hydrogens (tertiary/aromatic N) is 1. The maximum absolute atomic E-state index is 11.6. The van der Waals surface area contributed by atoms with Crippen molar-refractivity contribution < 1.29 is 9.21 Å². The predicted octanol–water partition coefficient (Wildman–Crippen LogP) is 3.33. The molecular formula is C12H8BrNO2. The Hall–Kier alpha value is -1.68. The number of halogens is 1. The van der Waals surface area contributed by atoms with E-state index in [0.29, 0.717) is 10.4 Å². The molecule has 0 aliphatic carbocycles. The molecule has 0 saturated heterocycles. The van der Waals surface area contributed by atoms with Gasteiger partial charge in [0.25, 0.3) is 0 Å². The van der Waals surface area contributed by atoms with Crippen LogP contribution in [0, 0.1) is 0 Å². The molecule has 0 fully saturated rings. The van der Waals surface area contributed by atoms with Gasteiger partial charge < -0.3 is 4.42 Å². The lowest BCUT2D eigenvalue weighted by atomic mass is 10.2. The fourth-order valence-corrected chi connectivity index (χ4v) is 1.47. The first-order valence-electron chi connectivity index (χ1n) is 4.64. The normalized spacial score (nSPS) is 10.8. The summed E-state index contributed by atoms with van der Waals surface area (Å²) >= 11 is 3.14. The monoisotopic (exact) mass is 277 g/mol. The number of furan rings is 1. The molecule has 0 aliphatic rings. The summed E-state index contributed by atoms with van der Waals surface area (Å²) in [5, 5.41) is 0. The maximum Gasteiger partial charge on any atom is 0.221 e. The minimum atomic E-state index is -0.184. The Kier molecular flexibility index (Phi) is 3.31. The standard InChI is InChI=1S/C12H8BrNO2/c13-12-7-6-11(16-12)10(15)5-4-9-3-1-2-8-14-9/h1-8H/b5-4+. The van der Waals surface area contributed by atoms with Crippen molar-refractivity contribution in [1.29, 1.82) is 0 Å². The molecule has 3 nitrogen and oxygen atoms in total. The van der Waals surface area contributed by atoms with Crippen LogP contribution in [-0.4, -0.2) is 10.8 Å². The van der Waals surface area contributed by atoms with E-state index < -0.39 is 0 Å². The van der Waals surface area contributed by atoms with E-state index in [1.54, 1.807) is 24.4 Å². The predicted molar refractivity (Wildman–Crippen MR) is 64.0 cm³/mol. The van der Waals surface area contributed by atoms with Crippen LogP contribution in [0.5, 0.6) is 0 Å². The van der Waals surface area contributed by atoms with E-state index in [-0.39, 0.29) is 5.78 Å². The second-order valence-electron chi connectivity index (χ2n) is 3.06. The highest BCUT2D eigenvalue weighted by Gasteiger charge is 2.06. The summed E-state index contributed by atoms with van der Waals surface area (Å²) in [6, 6.07) is 8.81. The fraction of sp³-hybridized carbons (Fsp3) is 0. The molecule has 0 bridgehead atoms. The summed E-state index contributed by atoms with van der Waals surface area (Å²) in [6.07, 6.45) is 4.76. The molecule has 0 atom stereocenters. The molecule has 80 valence electrons. The smallest absolute Gasteiger partial charge is 0.221 e. The second-order valence-corrected chi connectivity index (χ2v) is 3.84. The number of carbonyl (C=O) groups excluding carboxylic acids is 1. The van der Waals surface area contributed by atoms with Gasteiger partial charge in [0.1, 0.15) is 0 Å². The van der Waals surface area contributed by atoms with Crippen molar-refractivity contribution in [3.8, 4) is 0 Å². The lowest BCUT2D eigenvalue weighted by Crippen LogP contribution is -1.90. The van der Waals surface area contributed by atoms with Gasteiger partial charge >= 0.3 is 0 Å². The molecule has 2 aromatic heterocycles. The molecule has 0 aromatic carbocycles. The van der Waals surface area contributed by atoms with E-state index in [0.717, 1.165) is 5.69 Å². The van der Waals surface area contributed by atoms with E-state index in [1.165, 1.54) is 6.08 Å². The average Bonchev–Trinajstić information content (AvgIpc) is 2.74. The number of allylic oxidation sites excluding steroid dienone is 1. The topological polar surface area (TPSA) is 43.1 Å². The zero-order valence-corrected chi connectivity index (χ0v) is 9.85. The zero-order chi connectivity index (χ0) is 11.4. The largest absolute Gasteiger partial charge is 0.446 e. The Morgan fingerprint density at radius 2 is 2.19 bits per heavy atom. The first kappa shape index (κ1) is 10.8. The summed E-state index contributed by atoms with van der Waals surface area (Å²) in [5.41, 5.74) is 0.737. The van der Waals surface area contributed by atoms with Gasteiger partial charge in [0.05, 0.1) is 5.69 Å². The average molecular weight is 278 g/mol. The van der Waals surface area contributed by atoms with Crippen LogP contribution < -0.4 is 0 Å². The quantitative estimate of drug-likeness (QED) is 0.638. The van der Waals surface area contributed by atoms with Crippen molar-refractivity contribution in [3.63, 3.8) is 0 Å². The number of hydrogen-bond donors (Lipinski definition) is 0. The molecule has 2 aromatic rings. The first-order valence-corrected chi connectivity index (χ1v) is 5.44. The SMILES string of the molecule is O=C(/C=C/c1ccccn1)c1ccc(Br)o1. The summed E-state index contributed by atoms with van der Waals surface area (Å²) in [7, 11) is 0. The van der Waals surface area contributed by atoms with E-state index in [9.17, 15) is 4.79 Å². The zero-order valence-electron chi connectivity index (χ0n) is 8.26. The highest BCUT2D eigenvalue weighted by molar-refractivity contribution is 9.10. The number of aromatic nitrogens is 1. The van der Waals surface area contributed by atoms with Gasteiger partial charge in [-0.15, -0.1) is 0 Å². The number of hydrogen-bond acceptors (Lipinski definition) is 3. The Bertz CT molecular complexity index is 517. The number of ketones is 1. The third kappa shape index (κ3) is 2.67. The Labute approximate surface area is 101 Å². The molecular weight excluding hydrogens is 270 g/mol. The van der Waals surface area contributed by atoms with Gasteiger partial charge in [-0.25, -0.2) is 0 Å². The number of pyridine rings is 1. The second kappa shape index (κ2) is 4.90. The van der Waals surface area contributed by atoms with E-state index in [1.807, 2.05) is 18.2 Å². The number of carbonyl (C=O) groups is 1. The Balaban J connectivity index is 2.11. The summed E-state index contributed by atoms with van der Waals surface area (Å²) < 4.78 is 5.67. The Morgan fingerprint density at radius 3 is 2.81 bits per heavy atom. The lowest BCUT2D eigenvalue weighted by molar-refractivity contribution is 0.102. The van der Waals surface area contributed by atoms with Crippen LogP contribution in [0.2, 0.25) is 0 Å². The van der Waals surface area contributed by atoms with E-state index in [4.69, 9.17) is 4.42 Å². The third-order valence-electron chi connectivity index (χ3n) is 1.91. The highest BCUT2D eigenvalue weighted by Crippen LogP contribution is 2.15. The highest BCUT2D eigenvalue weighted by atomic mass is 79.9. The van der Waals surface area contributed by atoms with Gasteiger partial charge in [-0.2, -0.15) is 0 Å². The van der Waals surface area contributed by atoms with E-state index >= 15 is 0 Å². The van der Waals surface area contributed by atoms with Gasteiger partial charge in [-0.1, -0.05) is 6.07 Å². The van der Waals surface area contributed by atoms with Gasteiger partial charge in [0, 0.05) is 6.20 Å². The van der Waals surface area contributed by atoms with Crippen molar-refractivity contribution in [2.75, 3.05) is 0 Å². The van der Waals surface area contributed by atoms with Crippen LogP contribution in [0.1, 0.15) is 16.2 Å². The van der Waals surface area contributed by atoms with Gasteiger partial charge in [0.15, 0.2) is 10.4 Å². The van der Waals surface area contributed by atoms with Gasteiger partial charge in [-0.3, -0.25) is 9.78 Å². The molecule has 0 unspecified atom stereocenters. The minimum absolute atomic E-state index is 0.184. The summed E-state index contributed by atoms with van der Waals surface area (Å²) in [4.78, 5) is 15.7. The fourth-order valence-electron chi connectivity index (χ4n) is 1.16. The molecule has 0 amide bonds. The van der Waals surface area contributed by atoms with Crippen molar-refractivity contribution in [1.82, 2.24) is 4.98 Å². The third-order valence-corrected chi connectivity index (χ3v) is 2.34. The lowest BCUT2D eigenvalue weighted by Gasteiger charge is -1.90. The van der Waals surface area contributed by atoms with Crippen molar-refractivity contribution in [3.05, 3.63) is 58.7 Å². The molecule has 0 N–H and O–H groups in total. The van der Waals surface area contributed by atoms with Crippen LogP contribution in [0.4, 0.5) is 0 Å². The molecule has 0 aliphatic heterocycles. The molecule has 2 heterocycles. The van der Waals surface area contributed by atoms with Crippen molar-refractivity contribution in [2.24, 2.45) is 0 Å². The molecule has 2 rings (SSSR count). The first-order chi connectivity index (χ1) is 7.75. The summed E-state index contributed by atoms with van der Waals surface area (Å²) in [5.74, 6) is 0.121. The molecule has 0 radical (unpaired) electrons. The van der Waals surface area contributed by atoms with Crippen LogP contribution in [-0.2, 0) is 0 Å². The van der Waals surface area contributed by atoms with Gasteiger partial charge in [-0.05, 0) is 52.3 Å². The van der Waals surface area contributed by atoms with Crippen LogP contribution in [0.3, 0.4) is 0 Å². The Morgan fingerprint density at radius 1 is 1.31 bits per heavy atom. The molecule has 16 heavy (non-hydrogen) atoms. The van der Waals surface area contributed by atoms with Crippen molar-refractivity contribution >= 4 is 27.8 Å². The van der Waals surface area contributed by atoms with Crippen LogP contribution >= 0.6 is 15.9 Å². The molecule has 0 spiro atoms. The summed E-state index contributed by atoms with van der Waals surface area (Å²) in [6.45, 7) is 0. The van der Waals surface area contributed by atoms with Crippen molar-refractivity contribution in [2.45, 2.75) is 0 Å². The van der Waals surface area contributed by atoms with Crippen LogP contribution in [0.25, 0.3) is 6.08 Å². The van der Waals surface area contributed by atoms with Gasteiger partial charge in [0.2, 0.25) is 5.78 Å². The minimum Gasteiger partial charge on any atom is -0.446 e.